The second-order valence-corrected chi connectivity index (χ2v) is 5.18. The number of rotatable bonds is 6. The lowest BCUT2D eigenvalue weighted by molar-refractivity contribution is -0.0327. The summed E-state index contributed by atoms with van der Waals surface area (Å²) in [5.74, 6) is 6.73. The third-order valence-corrected chi connectivity index (χ3v) is 2.82. The number of hydrogen-bond acceptors (Lipinski definition) is 6. The molecule has 0 atom stereocenters. The predicted molar refractivity (Wildman–Crippen MR) is 70.9 cm³/mol. The molecule has 0 radical (unpaired) electrons. The maximum Gasteiger partial charge on any atom is 0.441 e. The van der Waals surface area contributed by atoms with Crippen molar-refractivity contribution in [2.75, 3.05) is 23.0 Å². The Balaban J connectivity index is 2.60. The molecule has 0 aliphatic heterocycles. The van der Waals surface area contributed by atoms with E-state index < -0.39 is 5.51 Å². The van der Waals surface area contributed by atoms with E-state index in [2.05, 4.69) is 20.7 Å². The summed E-state index contributed by atoms with van der Waals surface area (Å²) in [6, 6.07) is 1.55. The number of anilines is 2. The van der Waals surface area contributed by atoms with Crippen LogP contribution in [-0.4, -0.2) is 27.8 Å². The lowest BCUT2D eigenvalue weighted by Crippen LogP contribution is -2.14. The first-order chi connectivity index (χ1) is 8.81. The van der Waals surface area contributed by atoms with E-state index in [1.807, 2.05) is 13.8 Å². The number of nitrogens with one attached hydrogen (secondary N) is 2. The van der Waals surface area contributed by atoms with Gasteiger partial charge in [-0.05, 0) is 11.8 Å². The summed E-state index contributed by atoms with van der Waals surface area (Å²) in [5.41, 5.74) is -1.81. The largest absolute Gasteiger partial charge is 0.441 e. The summed E-state index contributed by atoms with van der Waals surface area (Å²) in [4.78, 5) is 8.35. The maximum absolute atomic E-state index is 12.0. The van der Waals surface area contributed by atoms with E-state index in [0.29, 0.717) is 17.5 Å². The predicted octanol–water partition coefficient (Wildman–Crippen LogP) is 2.55. The third-order valence-electron chi connectivity index (χ3n) is 2.08. The average molecular weight is 295 g/mol. The van der Waals surface area contributed by atoms with Crippen LogP contribution >= 0.6 is 11.8 Å². The van der Waals surface area contributed by atoms with E-state index in [1.165, 1.54) is 0 Å². The number of halogens is 3. The number of nitrogens with zero attached hydrogens (tertiary/aromatic N) is 2. The van der Waals surface area contributed by atoms with Gasteiger partial charge in [0.05, 0.1) is 0 Å². The third kappa shape index (κ3) is 5.97. The van der Waals surface area contributed by atoms with Crippen LogP contribution in [0.5, 0.6) is 0 Å². The molecule has 1 aromatic heterocycles. The Labute approximate surface area is 113 Å². The smallest absolute Gasteiger partial charge is 0.369 e. The Kier molecular flexibility index (Phi) is 5.67. The molecule has 9 heteroatoms. The lowest BCUT2D eigenvalue weighted by Gasteiger charge is -2.11. The SMILES string of the molecule is CC(C)c1nc(NN)cc(NCCSC(F)(F)F)n1. The van der Waals surface area contributed by atoms with Crippen molar-refractivity contribution in [1.82, 2.24) is 9.97 Å². The fourth-order valence-electron chi connectivity index (χ4n) is 1.23. The number of nitrogens with two attached hydrogens (primary N) is 1. The molecule has 1 aromatic rings. The molecule has 0 aliphatic rings. The highest BCUT2D eigenvalue weighted by atomic mass is 32.2. The fourth-order valence-corrected chi connectivity index (χ4v) is 1.67. The fraction of sp³-hybridized carbons (Fsp3) is 0.600. The first-order valence-corrected chi connectivity index (χ1v) is 6.60. The Morgan fingerprint density at radius 2 is 1.95 bits per heavy atom. The van der Waals surface area contributed by atoms with Gasteiger partial charge in [0, 0.05) is 24.3 Å². The van der Waals surface area contributed by atoms with Crippen LogP contribution in [0.3, 0.4) is 0 Å². The summed E-state index contributed by atoms with van der Waals surface area (Å²) in [5, 5.41) is 2.82. The van der Waals surface area contributed by atoms with Crippen molar-refractivity contribution in [3.05, 3.63) is 11.9 Å². The first kappa shape index (κ1) is 15.8. The van der Waals surface area contributed by atoms with Gasteiger partial charge in [0.15, 0.2) is 0 Å². The number of nitrogen functional groups attached to an aromatic ring is 1. The minimum atomic E-state index is -4.21. The molecule has 108 valence electrons. The molecular weight excluding hydrogens is 279 g/mol. The summed E-state index contributed by atoms with van der Waals surface area (Å²) in [6.07, 6.45) is 0. The number of alkyl halides is 3. The Hall–Kier alpha value is -1.22. The Morgan fingerprint density at radius 1 is 1.32 bits per heavy atom. The quantitative estimate of drug-likeness (QED) is 0.425. The van der Waals surface area contributed by atoms with Crippen LogP contribution in [0.25, 0.3) is 0 Å². The van der Waals surface area contributed by atoms with E-state index in [0.717, 1.165) is 0 Å². The van der Waals surface area contributed by atoms with Gasteiger partial charge in [0.1, 0.15) is 17.5 Å². The van der Waals surface area contributed by atoms with Crippen LogP contribution in [0.4, 0.5) is 24.8 Å². The van der Waals surface area contributed by atoms with Crippen molar-refractivity contribution in [2.45, 2.75) is 25.3 Å². The number of thioether (sulfide) groups is 1. The van der Waals surface area contributed by atoms with E-state index in [4.69, 9.17) is 5.84 Å². The Bertz CT molecular complexity index is 411. The van der Waals surface area contributed by atoms with Gasteiger partial charge in [0.25, 0.3) is 0 Å². The zero-order valence-electron chi connectivity index (χ0n) is 10.6. The van der Waals surface area contributed by atoms with Crippen LogP contribution in [0.1, 0.15) is 25.6 Å². The molecule has 0 spiro atoms. The highest BCUT2D eigenvalue weighted by molar-refractivity contribution is 8.00. The Morgan fingerprint density at radius 3 is 2.47 bits per heavy atom. The van der Waals surface area contributed by atoms with E-state index in [1.54, 1.807) is 6.07 Å². The number of hydrazine groups is 1. The molecule has 0 saturated carbocycles. The van der Waals surface area contributed by atoms with Gasteiger partial charge in [-0.2, -0.15) is 13.2 Å². The van der Waals surface area contributed by atoms with Gasteiger partial charge in [-0.3, -0.25) is 0 Å². The molecular formula is C10H16F3N5S. The normalized spacial score (nSPS) is 11.7. The highest BCUT2D eigenvalue weighted by Gasteiger charge is 2.27. The minimum absolute atomic E-state index is 0.0730. The molecule has 0 saturated heterocycles. The van der Waals surface area contributed by atoms with Gasteiger partial charge in [-0.1, -0.05) is 13.8 Å². The van der Waals surface area contributed by atoms with Gasteiger partial charge in [0.2, 0.25) is 0 Å². The molecule has 5 nitrogen and oxygen atoms in total. The standard InChI is InChI=1S/C10H16F3N5S/c1-6(2)9-16-7(5-8(17-9)18-14)15-3-4-19-10(11,12)13/h5-6H,3-4,14H2,1-2H3,(H2,15,16,17,18). The molecule has 4 N–H and O–H groups in total. The molecule has 1 rings (SSSR count). The zero-order chi connectivity index (χ0) is 14.5. The number of hydrogen-bond donors (Lipinski definition) is 3. The van der Waals surface area contributed by atoms with Crippen molar-refractivity contribution >= 4 is 23.4 Å². The van der Waals surface area contributed by atoms with Gasteiger partial charge >= 0.3 is 5.51 Å². The topological polar surface area (TPSA) is 75.9 Å². The van der Waals surface area contributed by atoms with Crippen LogP contribution in [0.2, 0.25) is 0 Å². The molecule has 19 heavy (non-hydrogen) atoms. The maximum atomic E-state index is 12.0. The minimum Gasteiger partial charge on any atom is -0.369 e. The van der Waals surface area contributed by atoms with Crippen molar-refractivity contribution in [3.63, 3.8) is 0 Å². The van der Waals surface area contributed by atoms with Crippen LogP contribution in [0.15, 0.2) is 6.07 Å². The molecule has 0 bridgehead atoms. The van der Waals surface area contributed by atoms with Crippen molar-refractivity contribution in [2.24, 2.45) is 5.84 Å². The average Bonchev–Trinajstić information content (AvgIpc) is 2.33. The summed E-state index contributed by atoms with van der Waals surface area (Å²) < 4.78 is 35.9. The summed E-state index contributed by atoms with van der Waals surface area (Å²) in [7, 11) is 0. The van der Waals surface area contributed by atoms with E-state index in [9.17, 15) is 13.2 Å². The highest BCUT2D eigenvalue weighted by Crippen LogP contribution is 2.29. The van der Waals surface area contributed by atoms with Crippen LogP contribution in [0, 0.1) is 0 Å². The second-order valence-electron chi connectivity index (χ2n) is 4.02. The molecule has 0 amide bonds. The van der Waals surface area contributed by atoms with Crippen LogP contribution in [-0.2, 0) is 0 Å². The molecule has 1 heterocycles. The summed E-state index contributed by atoms with van der Waals surface area (Å²) in [6.45, 7) is 3.99. The van der Waals surface area contributed by atoms with Crippen molar-refractivity contribution in [3.8, 4) is 0 Å². The second kappa shape index (κ2) is 6.80. The van der Waals surface area contributed by atoms with Crippen molar-refractivity contribution < 1.29 is 13.2 Å². The zero-order valence-corrected chi connectivity index (χ0v) is 11.4. The number of aromatic nitrogens is 2. The van der Waals surface area contributed by atoms with E-state index >= 15 is 0 Å². The van der Waals surface area contributed by atoms with E-state index in [-0.39, 0.29) is 30.0 Å². The molecule has 0 aliphatic carbocycles. The van der Waals surface area contributed by atoms with Crippen LogP contribution < -0.4 is 16.6 Å². The first-order valence-electron chi connectivity index (χ1n) is 5.62. The molecule has 0 unspecified atom stereocenters. The lowest BCUT2D eigenvalue weighted by atomic mass is 10.2. The van der Waals surface area contributed by atoms with Crippen molar-refractivity contribution in [1.29, 1.82) is 0 Å². The molecule has 0 aromatic carbocycles. The van der Waals surface area contributed by atoms with Gasteiger partial charge < -0.3 is 10.7 Å². The van der Waals surface area contributed by atoms with Gasteiger partial charge in [-0.15, -0.1) is 0 Å². The monoisotopic (exact) mass is 295 g/mol. The molecule has 0 fully saturated rings. The summed E-state index contributed by atoms with van der Waals surface area (Å²) >= 11 is -0.0730. The van der Waals surface area contributed by atoms with Gasteiger partial charge in [-0.25, -0.2) is 15.8 Å².